The number of carbonyl (C=O) groups is 1. The number of pyridine rings is 2. The molecule has 3 aromatic heterocycles. The monoisotopic (exact) mass is 440 g/mol. The van der Waals surface area contributed by atoms with E-state index in [-0.39, 0.29) is 5.91 Å². The highest BCUT2D eigenvalue weighted by molar-refractivity contribution is 6.03. The summed E-state index contributed by atoms with van der Waals surface area (Å²) in [4.78, 5) is 22.1. The van der Waals surface area contributed by atoms with E-state index >= 15 is 0 Å². The molecule has 5 rings (SSSR count). The number of aromatic nitrogens is 4. The number of nitrogens with two attached hydrogens (primary N) is 1. The predicted octanol–water partition coefficient (Wildman–Crippen LogP) is 3.88. The summed E-state index contributed by atoms with van der Waals surface area (Å²) in [5, 5.41) is 8.91. The normalized spacial score (nSPS) is 13.3. The van der Waals surface area contributed by atoms with Gasteiger partial charge in [0.2, 0.25) is 0 Å². The Morgan fingerprint density at radius 1 is 1.21 bits per heavy atom. The van der Waals surface area contributed by atoms with Crippen LogP contribution in [-0.2, 0) is 13.0 Å². The average molecular weight is 441 g/mol. The lowest BCUT2D eigenvalue weighted by molar-refractivity contribution is 0.0916. The third kappa shape index (κ3) is 3.89. The van der Waals surface area contributed by atoms with Crippen molar-refractivity contribution in [1.29, 1.82) is 0 Å². The summed E-state index contributed by atoms with van der Waals surface area (Å²) in [5.41, 5.74) is 12.8. The van der Waals surface area contributed by atoms with E-state index in [1.807, 2.05) is 63.2 Å². The first-order valence-electron chi connectivity index (χ1n) is 11.3. The minimum Gasteiger partial charge on any atom is -0.346 e. The Morgan fingerprint density at radius 3 is 2.85 bits per heavy atom. The summed E-state index contributed by atoms with van der Waals surface area (Å²) in [7, 11) is 0. The molecule has 1 aliphatic rings. The van der Waals surface area contributed by atoms with Gasteiger partial charge in [-0.3, -0.25) is 19.4 Å². The molecule has 3 N–H and O–H groups in total. The number of benzene rings is 1. The number of nitrogens with zero attached hydrogens (tertiary/aromatic N) is 4. The fourth-order valence-corrected chi connectivity index (χ4v) is 4.41. The molecular formula is C26H28N6O. The molecule has 0 aliphatic carbocycles. The third-order valence-corrected chi connectivity index (χ3v) is 6.21. The van der Waals surface area contributed by atoms with Crippen molar-refractivity contribution in [3.63, 3.8) is 0 Å². The van der Waals surface area contributed by atoms with Crippen molar-refractivity contribution in [3.05, 3.63) is 65.6 Å². The molecule has 0 spiro atoms. The molecule has 0 saturated carbocycles. The van der Waals surface area contributed by atoms with E-state index in [1.165, 1.54) is 5.69 Å². The molecule has 0 unspecified atom stereocenters. The first-order valence-corrected chi connectivity index (χ1v) is 11.3. The van der Waals surface area contributed by atoms with Crippen molar-refractivity contribution in [3.8, 4) is 22.5 Å². The second kappa shape index (κ2) is 8.08. The molecule has 7 nitrogen and oxygen atoms in total. The zero-order valence-corrected chi connectivity index (χ0v) is 19.2. The standard InChI is InChI=1S/C26H28N6O/c1-16-6-4-7-20(29-16)24-23(22-8-5-13-32(22)31-24)19-11-12-28-21-14-17(9-10-18(19)21)25(33)30-26(2,3)15-27/h4,6-7,9-12,14H,5,8,13,15,27H2,1-3H3,(H,30,33). The van der Waals surface area contributed by atoms with Crippen LogP contribution in [0.4, 0.5) is 0 Å². The molecule has 4 aromatic rings. The molecule has 168 valence electrons. The smallest absolute Gasteiger partial charge is 0.251 e. The van der Waals surface area contributed by atoms with Gasteiger partial charge in [0.15, 0.2) is 0 Å². The van der Waals surface area contributed by atoms with E-state index in [0.29, 0.717) is 12.1 Å². The molecule has 0 bridgehead atoms. The van der Waals surface area contributed by atoms with Crippen molar-refractivity contribution in [2.24, 2.45) is 5.73 Å². The lowest BCUT2D eigenvalue weighted by Crippen LogP contribution is -2.48. The van der Waals surface area contributed by atoms with Crippen molar-refractivity contribution < 1.29 is 4.79 Å². The van der Waals surface area contributed by atoms with Gasteiger partial charge in [-0.15, -0.1) is 0 Å². The van der Waals surface area contributed by atoms with Crippen LogP contribution in [0.3, 0.4) is 0 Å². The largest absolute Gasteiger partial charge is 0.346 e. The van der Waals surface area contributed by atoms with Gasteiger partial charge in [0, 0.05) is 52.7 Å². The minimum atomic E-state index is -0.476. The summed E-state index contributed by atoms with van der Waals surface area (Å²) in [6.07, 6.45) is 3.86. The van der Waals surface area contributed by atoms with Crippen molar-refractivity contribution >= 4 is 16.8 Å². The average Bonchev–Trinajstić information content (AvgIpc) is 3.39. The van der Waals surface area contributed by atoms with Crippen molar-refractivity contribution in [2.75, 3.05) is 6.54 Å². The molecule has 1 amide bonds. The van der Waals surface area contributed by atoms with Crippen LogP contribution in [0.1, 0.15) is 42.0 Å². The predicted molar refractivity (Wildman–Crippen MR) is 130 cm³/mol. The molecule has 0 atom stereocenters. The maximum absolute atomic E-state index is 12.8. The Kier molecular flexibility index (Phi) is 5.21. The lowest BCUT2D eigenvalue weighted by Gasteiger charge is -2.24. The highest BCUT2D eigenvalue weighted by atomic mass is 16.1. The van der Waals surface area contributed by atoms with Crippen molar-refractivity contribution in [1.82, 2.24) is 25.1 Å². The number of hydrogen-bond donors (Lipinski definition) is 2. The van der Waals surface area contributed by atoms with Crippen LogP contribution in [0.5, 0.6) is 0 Å². The van der Waals surface area contributed by atoms with E-state index < -0.39 is 5.54 Å². The van der Waals surface area contributed by atoms with Gasteiger partial charge < -0.3 is 11.1 Å². The van der Waals surface area contributed by atoms with E-state index in [9.17, 15) is 4.79 Å². The molecule has 33 heavy (non-hydrogen) atoms. The van der Waals surface area contributed by atoms with Crippen LogP contribution >= 0.6 is 0 Å². The number of fused-ring (bicyclic) bond motifs is 2. The van der Waals surface area contributed by atoms with Gasteiger partial charge in [0.05, 0.1) is 11.2 Å². The Hall–Kier alpha value is -3.58. The quantitative estimate of drug-likeness (QED) is 0.491. The highest BCUT2D eigenvalue weighted by Crippen LogP contribution is 2.39. The first kappa shape index (κ1) is 21.3. The van der Waals surface area contributed by atoms with Crippen LogP contribution in [0.2, 0.25) is 0 Å². The SMILES string of the molecule is Cc1cccc(-c2nn3c(c2-c2ccnc4cc(C(=O)NC(C)(C)CN)ccc24)CCC3)n1. The maximum Gasteiger partial charge on any atom is 0.251 e. The highest BCUT2D eigenvalue weighted by Gasteiger charge is 2.26. The van der Waals surface area contributed by atoms with Gasteiger partial charge in [-0.25, -0.2) is 0 Å². The van der Waals surface area contributed by atoms with Gasteiger partial charge in [-0.2, -0.15) is 5.10 Å². The number of amides is 1. The molecule has 1 aliphatic heterocycles. The molecule has 0 saturated heterocycles. The molecule has 1 aromatic carbocycles. The number of carbonyl (C=O) groups excluding carboxylic acids is 1. The number of hydrogen-bond acceptors (Lipinski definition) is 5. The summed E-state index contributed by atoms with van der Waals surface area (Å²) in [6, 6.07) is 13.7. The van der Waals surface area contributed by atoms with Crippen LogP contribution in [0.25, 0.3) is 33.4 Å². The number of nitrogens with one attached hydrogen (secondary N) is 1. The minimum absolute atomic E-state index is 0.157. The summed E-state index contributed by atoms with van der Waals surface area (Å²) < 4.78 is 2.11. The number of rotatable bonds is 5. The molecule has 0 fully saturated rings. The van der Waals surface area contributed by atoms with Gasteiger partial charge in [0.1, 0.15) is 5.69 Å². The van der Waals surface area contributed by atoms with Gasteiger partial charge >= 0.3 is 0 Å². The van der Waals surface area contributed by atoms with Gasteiger partial charge in [-0.1, -0.05) is 12.1 Å². The zero-order valence-electron chi connectivity index (χ0n) is 19.2. The second-order valence-electron chi connectivity index (χ2n) is 9.29. The van der Waals surface area contributed by atoms with E-state index in [0.717, 1.165) is 58.5 Å². The Labute approximate surface area is 193 Å². The van der Waals surface area contributed by atoms with Crippen LogP contribution in [0, 0.1) is 6.92 Å². The summed E-state index contributed by atoms with van der Waals surface area (Å²) in [6.45, 7) is 7.08. The first-order chi connectivity index (χ1) is 15.9. The maximum atomic E-state index is 12.8. The fraction of sp³-hybridized carbons (Fsp3) is 0.308. The Morgan fingerprint density at radius 2 is 2.06 bits per heavy atom. The Bertz CT molecular complexity index is 1370. The third-order valence-electron chi connectivity index (χ3n) is 6.21. The zero-order chi connectivity index (χ0) is 23.2. The van der Waals surface area contributed by atoms with Gasteiger partial charge in [-0.05, 0) is 69.5 Å². The van der Waals surface area contributed by atoms with E-state index in [4.69, 9.17) is 15.8 Å². The molecule has 0 radical (unpaired) electrons. The topological polar surface area (TPSA) is 98.7 Å². The lowest BCUT2D eigenvalue weighted by atomic mass is 9.95. The second-order valence-corrected chi connectivity index (χ2v) is 9.29. The van der Waals surface area contributed by atoms with Crippen LogP contribution < -0.4 is 11.1 Å². The fourth-order valence-electron chi connectivity index (χ4n) is 4.41. The van der Waals surface area contributed by atoms with Crippen LogP contribution in [0.15, 0.2) is 48.7 Å². The molecule has 4 heterocycles. The summed E-state index contributed by atoms with van der Waals surface area (Å²) in [5.74, 6) is -0.157. The van der Waals surface area contributed by atoms with Gasteiger partial charge in [0.25, 0.3) is 5.91 Å². The van der Waals surface area contributed by atoms with E-state index in [1.54, 1.807) is 6.20 Å². The van der Waals surface area contributed by atoms with Crippen LogP contribution in [-0.4, -0.2) is 37.7 Å². The Balaban J connectivity index is 1.64. The van der Waals surface area contributed by atoms with E-state index in [2.05, 4.69) is 15.0 Å². The molecular weight excluding hydrogens is 412 g/mol. The number of aryl methyl sites for hydroxylation is 2. The summed E-state index contributed by atoms with van der Waals surface area (Å²) >= 11 is 0. The molecule has 7 heteroatoms. The van der Waals surface area contributed by atoms with Crippen molar-refractivity contribution in [2.45, 2.75) is 45.7 Å².